The number of carbonyl (C=O) groups is 1. The van der Waals surface area contributed by atoms with Gasteiger partial charge in [-0.25, -0.2) is 0 Å². The van der Waals surface area contributed by atoms with E-state index in [1.54, 1.807) is 0 Å². The van der Waals surface area contributed by atoms with Crippen molar-refractivity contribution >= 4 is 5.91 Å². The van der Waals surface area contributed by atoms with Crippen LogP contribution in [0, 0.1) is 0 Å². The molecule has 0 spiro atoms. The third kappa shape index (κ3) is 4.43. The topological polar surface area (TPSA) is 67.6 Å². The summed E-state index contributed by atoms with van der Waals surface area (Å²) in [5.41, 5.74) is 4.96. The third-order valence-electron chi connectivity index (χ3n) is 4.17. The summed E-state index contributed by atoms with van der Waals surface area (Å²) < 4.78 is 5.55. The maximum absolute atomic E-state index is 11.8. The summed E-state index contributed by atoms with van der Waals surface area (Å²) in [7, 11) is 0. The summed E-state index contributed by atoms with van der Waals surface area (Å²) in [6, 6.07) is 0.967. The molecule has 0 radical (unpaired) electrons. The highest BCUT2D eigenvalue weighted by Gasteiger charge is 2.36. The predicted molar refractivity (Wildman–Crippen MR) is 81.6 cm³/mol. The fourth-order valence-electron chi connectivity index (χ4n) is 3.18. The molecule has 20 heavy (non-hydrogen) atoms. The van der Waals surface area contributed by atoms with Crippen molar-refractivity contribution in [1.29, 1.82) is 0 Å². The quantitative estimate of drug-likeness (QED) is 0.735. The van der Waals surface area contributed by atoms with E-state index in [2.05, 4.69) is 24.1 Å². The van der Waals surface area contributed by atoms with E-state index in [-0.39, 0.29) is 11.9 Å². The Morgan fingerprint density at radius 3 is 2.65 bits per heavy atom. The fourth-order valence-corrected chi connectivity index (χ4v) is 3.18. The van der Waals surface area contributed by atoms with E-state index in [1.165, 1.54) is 0 Å². The van der Waals surface area contributed by atoms with Gasteiger partial charge in [-0.15, -0.1) is 0 Å². The average Bonchev–Trinajstić information content (AvgIpc) is 2.37. The second-order valence-electron chi connectivity index (χ2n) is 6.42. The van der Waals surface area contributed by atoms with Crippen LogP contribution in [0.2, 0.25) is 0 Å². The van der Waals surface area contributed by atoms with Crippen LogP contribution in [0.3, 0.4) is 0 Å². The number of rotatable bonds is 7. The number of morpholine rings is 1. The number of primary amides is 1. The number of amides is 1. The molecule has 5 nitrogen and oxygen atoms in total. The first-order chi connectivity index (χ1) is 9.30. The molecular weight excluding hydrogens is 254 g/mol. The number of hydrogen-bond donors (Lipinski definition) is 2. The lowest BCUT2D eigenvalue weighted by Gasteiger charge is -2.42. The normalized spacial score (nSPS) is 25.4. The summed E-state index contributed by atoms with van der Waals surface area (Å²) in [4.78, 5) is 14.3. The molecule has 5 heteroatoms. The van der Waals surface area contributed by atoms with Crippen molar-refractivity contribution in [3.05, 3.63) is 0 Å². The van der Waals surface area contributed by atoms with Gasteiger partial charge < -0.3 is 15.8 Å². The number of carbonyl (C=O) groups excluding carboxylic acids is 1. The molecule has 3 atom stereocenters. The minimum atomic E-state index is -0.663. The smallest absolute Gasteiger partial charge is 0.237 e. The van der Waals surface area contributed by atoms with Crippen LogP contribution in [0.5, 0.6) is 0 Å². The maximum atomic E-state index is 11.8. The zero-order valence-corrected chi connectivity index (χ0v) is 13.6. The molecule has 0 saturated carbocycles. The first-order valence-corrected chi connectivity index (χ1v) is 7.71. The highest BCUT2D eigenvalue weighted by Crippen LogP contribution is 2.21. The molecule has 1 aliphatic heterocycles. The zero-order chi connectivity index (χ0) is 15.3. The van der Waals surface area contributed by atoms with Gasteiger partial charge in [0.15, 0.2) is 0 Å². The van der Waals surface area contributed by atoms with E-state index >= 15 is 0 Å². The van der Waals surface area contributed by atoms with Gasteiger partial charge in [-0.2, -0.15) is 0 Å². The molecule has 3 N–H and O–H groups in total. The van der Waals surface area contributed by atoms with Gasteiger partial charge in [0.05, 0.1) is 18.8 Å². The average molecular weight is 285 g/mol. The van der Waals surface area contributed by atoms with Crippen LogP contribution in [0.15, 0.2) is 0 Å². The summed E-state index contributed by atoms with van der Waals surface area (Å²) in [6.07, 6.45) is 1.78. The largest absolute Gasteiger partial charge is 0.378 e. The van der Waals surface area contributed by atoms with Gasteiger partial charge >= 0.3 is 0 Å². The van der Waals surface area contributed by atoms with Gasteiger partial charge in [0.2, 0.25) is 5.91 Å². The van der Waals surface area contributed by atoms with Gasteiger partial charge in [0.1, 0.15) is 0 Å². The van der Waals surface area contributed by atoms with E-state index in [9.17, 15) is 4.79 Å². The van der Waals surface area contributed by atoms with Crippen molar-refractivity contribution in [3.63, 3.8) is 0 Å². The fraction of sp³-hybridized carbons (Fsp3) is 0.933. The van der Waals surface area contributed by atoms with E-state index < -0.39 is 5.54 Å². The number of ether oxygens (including phenoxy) is 1. The third-order valence-corrected chi connectivity index (χ3v) is 4.17. The Balaban J connectivity index is 2.74. The van der Waals surface area contributed by atoms with Gasteiger partial charge in [-0.3, -0.25) is 9.69 Å². The minimum absolute atomic E-state index is 0.228. The molecule has 0 aromatic heterocycles. The second kappa shape index (κ2) is 7.38. The first-order valence-electron chi connectivity index (χ1n) is 7.71. The van der Waals surface area contributed by atoms with Crippen LogP contribution < -0.4 is 11.1 Å². The summed E-state index contributed by atoms with van der Waals surface area (Å²) >= 11 is 0. The SMILES string of the molecule is CCC1COCCN1C(C)CC(C)(NC(C)C)C(N)=O. The van der Waals surface area contributed by atoms with E-state index in [0.717, 1.165) is 32.6 Å². The zero-order valence-electron chi connectivity index (χ0n) is 13.6. The van der Waals surface area contributed by atoms with Crippen molar-refractivity contribution < 1.29 is 9.53 Å². The van der Waals surface area contributed by atoms with Crippen molar-refractivity contribution in [1.82, 2.24) is 10.2 Å². The molecule has 1 fully saturated rings. The lowest BCUT2D eigenvalue weighted by Crippen LogP contribution is -2.60. The highest BCUT2D eigenvalue weighted by molar-refractivity contribution is 5.84. The Labute approximate surface area is 123 Å². The molecule has 0 bridgehead atoms. The van der Waals surface area contributed by atoms with Crippen LogP contribution in [0.1, 0.15) is 47.5 Å². The van der Waals surface area contributed by atoms with Gasteiger partial charge in [0.25, 0.3) is 0 Å². The Bertz CT molecular complexity index is 322. The van der Waals surface area contributed by atoms with Gasteiger partial charge in [-0.1, -0.05) is 6.92 Å². The molecule has 0 aromatic rings. The standard InChI is InChI=1S/C15H31N3O2/c1-6-13-10-20-8-7-18(13)12(4)9-15(5,14(16)19)17-11(2)3/h11-13,17H,6-10H2,1-5H3,(H2,16,19). The second-order valence-corrected chi connectivity index (χ2v) is 6.42. The van der Waals surface area contributed by atoms with Crippen LogP contribution in [-0.4, -0.2) is 54.2 Å². The maximum Gasteiger partial charge on any atom is 0.237 e. The summed E-state index contributed by atoms with van der Waals surface area (Å²) in [6.45, 7) is 12.8. The van der Waals surface area contributed by atoms with Crippen LogP contribution in [-0.2, 0) is 9.53 Å². The molecule has 0 aromatic carbocycles. The molecule has 1 aliphatic rings. The molecule has 0 aliphatic carbocycles. The lowest BCUT2D eigenvalue weighted by atomic mass is 9.90. The van der Waals surface area contributed by atoms with Gasteiger partial charge in [0, 0.05) is 24.7 Å². The number of hydrogen-bond acceptors (Lipinski definition) is 4. The Morgan fingerprint density at radius 1 is 1.50 bits per heavy atom. The van der Waals surface area contributed by atoms with E-state index in [1.807, 2.05) is 20.8 Å². The number of nitrogens with one attached hydrogen (secondary N) is 1. The van der Waals surface area contributed by atoms with Crippen LogP contribution in [0.4, 0.5) is 0 Å². The molecule has 1 amide bonds. The lowest BCUT2D eigenvalue weighted by molar-refractivity contribution is -0.125. The Morgan fingerprint density at radius 2 is 2.15 bits per heavy atom. The summed E-state index contributed by atoms with van der Waals surface area (Å²) in [5, 5.41) is 3.33. The van der Waals surface area contributed by atoms with Crippen molar-refractivity contribution in [3.8, 4) is 0 Å². The minimum Gasteiger partial charge on any atom is -0.378 e. The molecule has 118 valence electrons. The van der Waals surface area contributed by atoms with Crippen molar-refractivity contribution in [2.75, 3.05) is 19.8 Å². The number of nitrogens with two attached hydrogens (primary N) is 1. The van der Waals surface area contributed by atoms with Crippen molar-refractivity contribution in [2.24, 2.45) is 5.73 Å². The highest BCUT2D eigenvalue weighted by atomic mass is 16.5. The molecule has 1 saturated heterocycles. The monoisotopic (exact) mass is 285 g/mol. The molecule has 1 heterocycles. The van der Waals surface area contributed by atoms with Crippen LogP contribution >= 0.6 is 0 Å². The Kier molecular flexibility index (Phi) is 6.43. The van der Waals surface area contributed by atoms with E-state index in [0.29, 0.717) is 12.1 Å². The van der Waals surface area contributed by atoms with Crippen LogP contribution in [0.25, 0.3) is 0 Å². The number of nitrogens with zero attached hydrogens (tertiary/aromatic N) is 1. The van der Waals surface area contributed by atoms with E-state index in [4.69, 9.17) is 10.5 Å². The predicted octanol–water partition coefficient (Wildman–Crippen LogP) is 1.12. The Hall–Kier alpha value is -0.650. The summed E-state index contributed by atoms with van der Waals surface area (Å²) in [5.74, 6) is -0.278. The van der Waals surface area contributed by atoms with Crippen molar-refractivity contribution in [2.45, 2.75) is 71.1 Å². The first kappa shape index (κ1) is 17.4. The molecule has 3 unspecified atom stereocenters. The molecule has 1 rings (SSSR count). The van der Waals surface area contributed by atoms with Gasteiger partial charge in [-0.05, 0) is 40.5 Å². The molecular formula is C15H31N3O2.